The van der Waals surface area contributed by atoms with Gasteiger partial charge in [-0.25, -0.2) is 0 Å². The van der Waals surface area contributed by atoms with Gasteiger partial charge < -0.3 is 4.90 Å². The number of nitro benzene ring substituents is 1. The van der Waals surface area contributed by atoms with Crippen molar-refractivity contribution in [2.75, 3.05) is 6.54 Å². The highest BCUT2D eigenvalue weighted by Gasteiger charge is 2.25. The molecule has 21 heavy (non-hydrogen) atoms. The van der Waals surface area contributed by atoms with Crippen molar-refractivity contribution >= 4 is 27.5 Å². The summed E-state index contributed by atoms with van der Waals surface area (Å²) in [5.41, 5.74) is 0.265. The molecular formula is C15H21BrN2O3. The number of hydrogen-bond donors (Lipinski definition) is 0. The minimum absolute atomic E-state index is 0.0829. The van der Waals surface area contributed by atoms with Gasteiger partial charge in [0.15, 0.2) is 0 Å². The van der Waals surface area contributed by atoms with Gasteiger partial charge in [-0.3, -0.25) is 14.9 Å². The van der Waals surface area contributed by atoms with Crippen LogP contribution >= 0.6 is 15.9 Å². The molecule has 0 N–H and O–H groups in total. The zero-order valence-corrected chi connectivity index (χ0v) is 14.2. The number of rotatable bonds is 7. The van der Waals surface area contributed by atoms with E-state index in [1.807, 2.05) is 13.8 Å². The summed E-state index contributed by atoms with van der Waals surface area (Å²) in [5.74, 6) is -0.159. The standard InChI is InChI=1S/C15H21BrN2O3/c1-4-6-10-17(11(3)5-2)15(19)12-8-7-9-13(14(12)16)18(20)21/h7-9,11H,4-6,10H2,1-3H3. The van der Waals surface area contributed by atoms with Gasteiger partial charge in [-0.15, -0.1) is 0 Å². The van der Waals surface area contributed by atoms with Gasteiger partial charge in [-0.2, -0.15) is 0 Å². The number of hydrogen-bond acceptors (Lipinski definition) is 3. The first-order chi connectivity index (χ1) is 9.93. The molecule has 1 atom stereocenters. The molecule has 0 aliphatic carbocycles. The molecule has 1 rings (SSSR count). The highest BCUT2D eigenvalue weighted by Crippen LogP contribution is 2.29. The number of nitrogens with zero attached hydrogens (tertiary/aromatic N) is 2. The van der Waals surface area contributed by atoms with Crippen molar-refractivity contribution in [2.24, 2.45) is 0 Å². The highest BCUT2D eigenvalue weighted by atomic mass is 79.9. The lowest BCUT2D eigenvalue weighted by Gasteiger charge is -2.29. The number of halogens is 1. The van der Waals surface area contributed by atoms with Crippen molar-refractivity contribution in [1.82, 2.24) is 4.90 Å². The maximum Gasteiger partial charge on any atom is 0.284 e. The van der Waals surface area contributed by atoms with Crippen LogP contribution in [0.25, 0.3) is 0 Å². The van der Waals surface area contributed by atoms with Gasteiger partial charge in [0.05, 0.1) is 10.5 Å². The Morgan fingerprint density at radius 3 is 2.62 bits per heavy atom. The van der Waals surface area contributed by atoms with Crippen LogP contribution in [0.1, 0.15) is 50.4 Å². The van der Waals surface area contributed by atoms with Crippen molar-refractivity contribution < 1.29 is 9.72 Å². The van der Waals surface area contributed by atoms with E-state index < -0.39 is 4.92 Å². The maximum absolute atomic E-state index is 12.7. The summed E-state index contributed by atoms with van der Waals surface area (Å²) in [5, 5.41) is 11.0. The first kappa shape index (κ1) is 17.6. The normalized spacial score (nSPS) is 12.0. The summed E-state index contributed by atoms with van der Waals surface area (Å²) in [6.45, 7) is 6.76. The van der Waals surface area contributed by atoms with Crippen LogP contribution in [0.15, 0.2) is 22.7 Å². The average molecular weight is 357 g/mol. The van der Waals surface area contributed by atoms with E-state index in [0.29, 0.717) is 12.1 Å². The highest BCUT2D eigenvalue weighted by molar-refractivity contribution is 9.10. The summed E-state index contributed by atoms with van der Waals surface area (Å²) in [7, 11) is 0. The second kappa shape index (κ2) is 8.12. The summed E-state index contributed by atoms with van der Waals surface area (Å²) < 4.78 is 0.254. The molecule has 0 heterocycles. The molecule has 6 heteroatoms. The van der Waals surface area contributed by atoms with Gasteiger partial charge in [0.1, 0.15) is 4.47 Å². The van der Waals surface area contributed by atoms with Crippen LogP contribution in [-0.4, -0.2) is 28.3 Å². The smallest absolute Gasteiger partial charge is 0.284 e. The topological polar surface area (TPSA) is 63.5 Å². The van der Waals surface area contributed by atoms with Gasteiger partial charge in [0, 0.05) is 18.7 Å². The summed E-state index contributed by atoms with van der Waals surface area (Å²) in [6.07, 6.45) is 2.76. The Kier molecular flexibility index (Phi) is 6.81. The van der Waals surface area contributed by atoms with E-state index >= 15 is 0 Å². The third kappa shape index (κ3) is 4.27. The second-order valence-corrected chi connectivity index (χ2v) is 5.80. The second-order valence-electron chi connectivity index (χ2n) is 5.01. The predicted molar refractivity (Wildman–Crippen MR) is 86.5 cm³/mol. The SMILES string of the molecule is CCCCN(C(=O)c1cccc([N+](=O)[O-])c1Br)C(C)CC. The molecule has 0 fully saturated rings. The van der Waals surface area contributed by atoms with Crippen LogP contribution in [0.5, 0.6) is 0 Å². The van der Waals surface area contributed by atoms with E-state index in [0.717, 1.165) is 19.3 Å². The summed E-state index contributed by atoms with van der Waals surface area (Å²) >= 11 is 3.20. The molecule has 1 amide bonds. The largest absolute Gasteiger partial charge is 0.336 e. The fourth-order valence-electron chi connectivity index (χ4n) is 2.05. The minimum Gasteiger partial charge on any atom is -0.336 e. The number of amides is 1. The fraction of sp³-hybridized carbons (Fsp3) is 0.533. The molecule has 1 aromatic rings. The van der Waals surface area contributed by atoms with Crippen LogP contribution < -0.4 is 0 Å². The predicted octanol–water partition coefficient (Wildman–Crippen LogP) is 4.40. The van der Waals surface area contributed by atoms with Crippen molar-refractivity contribution in [3.63, 3.8) is 0 Å². The molecule has 116 valence electrons. The quantitative estimate of drug-likeness (QED) is 0.537. The van der Waals surface area contributed by atoms with E-state index in [1.54, 1.807) is 17.0 Å². The zero-order valence-electron chi connectivity index (χ0n) is 12.6. The number of unbranched alkanes of at least 4 members (excludes halogenated alkanes) is 1. The van der Waals surface area contributed by atoms with Gasteiger partial charge >= 0.3 is 0 Å². The van der Waals surface area contributed by atoms with Gasteiger partial charge in [-0.1, -0.05) is 26.3 Å². The average Bonchev–Trinajstić information content (AvgIpc) is 2.46. The molecule has 0 spiro atoms. The van der Waals surface area contributed by atoms with Crippen molar-refractivity contribution in [3.8, 4) is 0 Å². The van der Waals surface area contributed by atoms with Crippen molar-refractivity contribution in [1.29, 1.82) is 0 Å². The third-order valence-corrected chi connectivity index (χ3v) is 4.38. The summed E-state index contributed by atoms with van der Waals surface area (Å²) in [6, 6.07) is 4.67. The lowest BCUT2D eigenvalue weighted by molar-refractivity contribution is -0.385. The van der Waals surface area contributed by atoms with Gasteiger partial charge in [-0.05, 0) is 41.8 Å². The number of benzene rings is 1. The molecule has 0 aliphatic rings. The summed E-state index contributed by atoms with van der Waals surface area (Å²) in [4.78, 5) is 25.0. The Morgan fingerprint density at radius 1 is 1.43 bits per heavy atom. The molecule has 0 saturated heterocycles. The Bertz CT molecular complexity index is 520. The van der Waals surface area contributed by atoms with Crippen molar-refractivity contribution in [3.05, 3.63) is 38.3 Å². The molecule has 1 aromatic carbocycles. The minimum atomic E-state index is -0.486. The van der Waals surface area contributed by atoms with E-state index in [4.69, 9.17) is 0 Å². The maximum atomic E-state index is 12.7. The van der Waals surface area contributed by atoms with Gasteiger partial charge in [0.2, 0.25) is 0 Å². The Balaban J connectivity index is 3.14. The first-order valence-electron chi connectivity index (χ1n) is 7.17. The van der Waals surface area contributed by atoms with Gasteiger partial charge in [0.25, 0.3) is 11.6 Å². The number of carbonyl (C=O) groups is 1. The fourth-order valence-corrected chi connectivity index (χ4v) is 2.63. The zero-order chi connectivity index (χ0) is 16.0. The molecule has 1 unspecified atom stereocenters. The lowest BCUT2D eigenvalue weighted by atomic mass is 10.1. The molecule has 0 saturated carbocycles. The van der Waals surface area contributed by atoms with Crippen LogP contribution in [0.2, 0.25) is 0 Å². The van der Waals surface area contributed by atoms with Crippen LogP contribution in [0.4, 0.5) is 5.69 Å². The third-order valence-electron chi connectivity index (χ3n) is 3.54. The molecule has 0 aromatic heterocycles. The monoisotopic (exact) mass is 356 g/mol. The Morgan fingerprint density at radius 2 is 2.10 bits per heavy atom. The number of nitro groups is 1. The van der Waals surface area contributed by atoms with Crippen LogP contribution in [0.3, 0.4) is 0 Å². The molecular weight excluding hydrogens is 336 g/mol. The van der Waals surface area contributed by atoms with Crippen molar-refractivity contribution in [2.45, 2.75) is 46.1 Å². The van der Waals surface area contributed by atoms with E-state index in [2.05, 4.69) is 22.9 Å². The Hall–Kier alpha value is -1.43. The van der Waals surface area contributed by atoms with E-state index in [-0.39, 0.29) is 22.1 Å². The van der Waals surface area contributed by atoms with Crippen LogP contribution in [0, 0.1) is 10.1 Å². The van der Waals surface area contributed by atoms with Crippen LogP contribution in [-0.2, 0) is 0 Å². The van der Waals surface area contributed by atoms with E-state index in [1.165, 1.54) is 6.07 Å². The molecule has 0 aliphatic heterocycles. The molecule has 0 radical (unpaired) electrons. The Labute approximate surface area is 133 Å². The first-order valence-corrected chi connectivity index (χ1v) is 7.97. The van der Waals surface area contributed by atoms with E-state index in [9.17, 15) is 14.9 Å². The molecule has 5 nitrogen and oxygen atoms in total. The lowest BCUT2D eigenvalue weighted by Crippen LogP contribution is -2.39. The molecule has 0 bridgehead atoms. The number of carbonyl (C=O) groups excluding carboxylic acids is 1.